The minimum atomic E-state index is 0. The van der Waals surface area contributed by atoms with Gasteiger partial charge in [-0.3, -0.25) is 10.00 Å². The molecule has 3 N–H and O–H groups in total. The Morgan fingerprint density at radius 2 is 2.00 bits per heavy atom. The standard InChI is InChI=1S/C19H28N6.HI/c1-2-20-19(21-14-18-8-11-22-24-18)23-17-9-12-25(13-10-17)15-16-6-4-3-5-7-16;/h3-8,11,17H,2,9-10,12-15H2,1H3,(H,22,24)(H2,20,21,23);1H. The van der Waals surface area contributed by atoms with E-state index in [4.69, 9.17) is 0 Å². The van der Waals surface area contributed by atoms with Gasteiger partial charge in [0.25, 0.3) is 0 Å². The zero-order chi connectivity index (χ0) is 17.3. The molecule has 0 aliphatic carbocycles. The van der Waals surface area contributed by atoms with E-state index in [1.165, 1.54) is 5.56 Å². The molecular weight excluding hydrogens is 439 g/mol. The summed E-state index contributed by atoms with van der Waals surface area (Å²) in [6, 6.07) is 13.1. The van der Waals surface area contributed by atoms with E-state index >= 15 is 0 Å². The molecule has 0 radical (unpaired) electrons. The highest BCUT2D eigenvalue weighted by Crippen LogP contribution is 2.13. The van der Waals surface area contributed by atoms with Crippen LogP contribution in [-0.2, 0) is 13.1 Å². The summed E-state index contributed by atoms with van der Waals surface area (Å²) in [7, 11) is 0. The molecule has 3 rings (SSSR count). The molecule has 7 heteroatoms. The number of hydrogen-bond donors (Lipinski definition) is 3. The number of guanidine groups is 1. The van der Waals surface area contributed by atoms with Gasteiger partial charge in [0.2, 0.25) is 0 Å². The Hall–Kier alpha value is -1.61. The molecular formula is C19H29IN6. The second-order valence-corrected chi connectivity index (χ2v) is 6.46. The van der Waals surface area contributed by atoms with Crippen LogP contribution in [-0.4, -0.2) is 46.7 Å². The van der Waals surface area contributed by atoms with Gasteiger partial charge < -0.3 is 10.6 Å². The number of piperidine rings is 1. The van der Waals surface area contributed by atoms with Gasteiger partial charge in [0, 0.05) is 38.4 Å². The van der Waals surface area contributed by atoms with Gasteiger partial charge in [-0.2, -0.15) is 5.10 Å². The van der Waals surface area contributed by atoms with Crippen LogP contribution >= 0.6 is 24.0 Å². The Kier molecular flexibility index (Phi) is 8.90. The molecule has 6 nitrogen and oxygen atoms in total. The predicted molar refractivity (Wildman–Crippen MR) is 117 cm³/mol. The summed E-state index contributed by atoms with van der Waals surface area (Å²) in [6.45, 7) is 6.85. The monoisotopic (exact) mass is 468 g/mol. The summed E-state index contributed by atoms with van der Waals surface area (Å²) in [5.74, 6) is 0.888. The zero-order valence-electron chi connectivity index (χ0n) is 15.3. The first-order valence-electron chi connectivity index (χ1n) is 9.13. The minimum absolute atomic E-state index is 0. The number of benzene rings is 1. The molecule has 0 spiro atoms. The number of nitrogens with one attached hydrogen (secondary N) is 3. The summed E-state index contributed by atoms with van der Waals surface area (Å²) in [5, 5.41) is 13.8. The van der Waals surface area contributed by atoms with E-state index < -0.39 is 0 Å². The Morgan fingerprint density at radius 3 is 2.65 bits per heavy atom. The fourth-order valence-electron chi connectivity index (χ4n) is 3.13. The van der Waals surface area contributed by atoms with E-state index in [0.717, 1.165) is 50.7 Å². The molecule has 1 aliphatic heterocycles. The van der Waals surface area contributed by atoms with Crippen LogP contribution in [0, 0.1) is 0 Å². The molecule has 1 aromatic carbocycles. The van der Waals surface area contributed by atoms with Crippen molar-refractivity contribution in [3.8, 4) is 0 Å². The number of aromatic nitrogens is 2. The Labute approximate surface area is 172 Å². The molecule has 0 atom stereocenters. The number of aromatic amines is 1. The molecule has 26 heavy (non-hydrogen) atoms. The summed E-state index contributed by atoms with van der Waals surface area (Å²) in [5.41, 5.74) is 2.42. The lowest BCUT2D eigenvalue weighted by Gasteiger charge is -2.33. The smallest absolute Gasteiger partial charge is 0.191 e. The van der Waals surface area contributed by atoms with Gasteiger partial charge in [0.05, 0.1) is 12.2 Å². The van der Waals surface area contributed by atoms with E-state index in [9.17, 15) is 0 Å². The lowest BCUT2D eigenvalue weighted by molar-refractivity contribution is 0.198. The van der Waals surface area contributed by atoms with Crippen LogP contribution in [0.5, 0.6) is 0 Å². The second kappa shape index (κ2) is 11.2. The van der Waals surface area contributed by atoms with Crippen LogP contribution in [0.4, 0.5) is 0 Å². The highest BCUT2D eigenvalue weighted by atomic mass is 127. The molecule has 1 fully saturated rings. The van der Waals surface area contributed by atoms with Crippen molar-refractivity contribution in [2.24, 2.45) is 4.99 Å². The topological polar surface area (TPSA) is 68.3 Å². The fraction of sp³-hybridized carbons (Fsp3) is 0.474. The van der Waals surface area contributed by atoms with Gasteiger partial charge in [-0.1, -0.05) is 30.3 Å². The number of halogens is 1. The number of H-pyrrole nitrogens is 1. The molecule has 1 saturated heterocycles. The number of hydrogen-bond acceptors (Lipinski definition) is 3. The van der Waals surface area contributed by atoms with Crippen molar-refractivity contribution in [1.82, 2.24) is 25.7 Å². The number of rotatable bonds is 6. The second-order valence-electron chi connectivity index (χ2n) is 6.46. The Morgan fingerprint density at radius 1 is 1.23 bits per heavy atom. The first kappa shape index (κ1) is 20.7. The van der Waals surface area contributed by atoms with Gasteiger partial charge in [0.1, 0.15) is 0 Å². The molecule has 0 bridgehead atoms. The number of likely N-dealkylation sites (tertiary alicyclic amines) is 1. The highest BCUT2D eigenvalue weighted by molar-refractivity contribution is 14.0. The van der Waals surface area contributed by atoms with Crippen molar-refractivity contribution in [3.05, 3.63) is 53.9 Å². The fourth-order valence-corrected chi connectivity index (χ4v) is 3.13. The van der Waals surface area contributed by atoms with Crippen LogP contribution in [0.3, 0.4) is 0 Å². The molecule has 0 unspecified atom stereocenters. The molecule has 0 amide bonds. The van der Waals surface area contributed by atoms with Crippen LogP contribution in [0.25, 0.3) is 0 Å². The van der Waals surface area contributed by atoms with E-state index in [1.807, 2.05) is 6.07 Å². The van der Waals surface area contributed by atoms with Gasteiger partial charge in [-0.15, -0.1) is 24.0 Å². The van der Waals surface area contributed by atoms with E-state index in [2.05, 4.69) is 68.0 Å². The average Bonchev–Trinajstić information content (AvgIpc) is 3.16. The van der Waals surface area contributed by atoms with Gasteiger partial charge in [-0.05, 0) is 31.4 Å². The van der Waals surface area contributed by atoms with E-state index in [1.54, 1.807) is 6.20 Å². The minimum Gasteiger partial charge on any atom is -0.357 e. The van der Waals surface area contributed by atoms with E-state index in [-0.39, 0.29) is 24.0 Å². The predicted octanol–water partition coefficient (Wildman–Crippen LogP) is 2.75. The van der Waals surface area contributed by atoms with Crippen LogP contribution < -0.4 is 10.6 Å². The van der Waals surface area contributed by atoms with Gasteiger partial charge in [-0.25, -0.2) is 4.99 Å². The van der Waals surface area contributed by atoms with Crippen molar-refractivity contribution in [3.63, 3.8) is 0 Å². The molecule has 0 saturated carbocycles. The molecule has 2 heterocycles. The van der Waals surface area contributed by atoms with Crippen molar-refractivity contribution >= 4 is 29.9 Å². The first-order chi connectivity index (χ1) is 12.3. The third-order valence-electron chi connectivity index (χ3n) is 4.49. The third-order valence-corrected chi connectivity index (χ3v) is 4.49. The average molecular weight is 468 g/mol. The maximum absolute atomic E-state index is 4.65. The summed E-state index contributed by atoms with van der Waals surface area (Å²) in [6.07, 6.45) is 4.04. The van der Waals surface area contributed by atoms with E-state index in [0.29, 0.717) is 12.6 Å². The first-order valence-corrected chi connectivity index (χ1v) is 9.13. The normalized spacial score (nSPS) is 16.1. The quantitative estimate of drug-likeness (QED) is 0.347. The van der Waals surface area contributed by atoms with Crippen LogP contribution in [0.2, 0.25) is 0 Å². The summed E-state index contributed by atoms with van der Waals surface area (Å²) in [4.78, 5) is 7.18. The maximum Gasteiger partial charge on any atom is 0.191 e. The Bertz CT molecular complexity index is 635. The molecule has 1 aromatic heterocycles. The van der Waals surface area contributed by atoms with Crippen molar-refractivity contribution in [2.75, 3.05) is 19.6 Å². The molecule has 2 aromatic rings. The van der Waals surface area contributed by atoms with Gasteiger partial charge in [0.15, 0.2) is 5.96 Å². The zero-order valence-corrected chi connectivity index (χ0v) is 17.6. The van der Waals surface area contributed by atoms with Crippen molar-refractivity contribution < 1.29 is 0 Å². The number of aliphatic imine (C=N–C) groups is 1. The largest absolute Gasteiger partial charge is 0.357 e. The van der Waals surface area contributed by atoms with Gasteiger partial charge >= 0.3 is 0 Å². The Balaban J connectivity index is 0.00000243. The lowest BCUT2D eigenvalue weighted by atomic mass is 10.0. The highest BCUT2D eigenvalue weighted by Gasteiger charge is 2.20. The maximum atomic E-state index is 4.65. The lowest BCUT2D eigenvalue weighted by Crippen LogP contribution is -2.48. The summed E-state index contributed by atoms with van der Waals surface area (Å²) >= 11 is 0. The summed E-state index contributed by atoms with van der Waals surface area (Å²) < 4.78 is 0. The van der Waals surface area contributed by atoms with Crippen molar-refractivity contribution in [2.45, 2.75) is 38.9 Å². The van der Waals surface area contributed by atoms with Crippen LogP contribution in [0.15, 0.2) is 47.6 Å². The SMILES string of the molecule is CCNC(=NCc1ccn[nH]1)NC1CCN(Cc2ccccc2)CC1.I. The molecule has 1 aliphatic rings. The van der Waals surface area contributed by atoms with Crippen LogP contribution in [0.1, 0.15) is 31.0 Å². The molecule has 142 valence electrons. The third kappa shape index (κ3) is 6.60. The van der Waals surface area contributed by atoms with Crippen molar-refractivity contribution in [1.29, 1.82) is 0 Å². The number of nitrogens with zero attached hydrogens (tertiary/aromatic N) is 3.